The number of hydrogen-bond acceptors (Lipinski definition) is 4. The van der Waals surface area contributed by atoms with Crippen molar-refractivity contribution in [3.05, 3.63) is 17.8 Å². The number of nitrogens with zero attached hydrogens (tertiary/aromatic N) is 3. The highest BCUT2D eigenvalue weighted by Gasteiger charge is 2.24. The van der Waals surface area contributed by atoms with E-state index in [-0.39, 0.29) is 0 Å². The van der Waals surface area contributed by atoms with E-state index in [1.165, 1.54) is 19.3 Å². The van der Waals surface area contributed by atoms with Gasteiger partial charge < -0.3 is 10.2 Å². The van der Waals surface area contributed by atoms with Crippen LogP contribution in [-0.2, 0) is 6.54 Å². The molecule has 0 radical (unpaired) electrons. The second-order valence-corrected chi connectivity index (χ2v) is 5.32. The number of anilines is 1. The molecule has 2 rings (SSSR count). The van der Waals surface area contributed by atoms with Crippen molar-refractivity contribution in [2.45, 2.75) is 58.7 Å². The molecular formula is C14H24N4. The Morgan fingerprint density at radius 3 is 2.83 bits per heavy atom. The largest absolute Gasteiger partial charge is 0.352 e. The smallest absolute Gasteiger partial charge is 0.151 e. The predicted octanol–water partition coefficient (Wildman–Crippen LogP) is 2.35. The average molecular weight is 248 g/mol. The highest BCUT2D eigenvalue weighted by atomic mass is 15.3. The van der Waals surface area contributed by atoms with E-state index in [1.54, 1.807) is 0 Å². The third kappa shape index (κ3) is 3.19. The van der Waals surface area contributed by atoms with Crippen molar-refractivity contribution in [1.82, 2.24) is 15.5 Å². The lowest BCUT2D eigenvalue weighted by atomic mass is 10.2. The van der Waals surface area contributed by atoms with Crippen molar-refractivity contribution in [2.24, 2.45) is 0 Å². The lowest BCUT2D eigenvalue weighted by Crippen LogP contribution is -2.29. The molecule has 0 amide bonds. The van der Waals surface area contributed by atoms with Gasteiger partial charge in [0.1, 0.15) is 0 Å². The van der Waals surface area contributed by atoms with Crippen LogP contribution in [0.2, 0.25) is 0 Å². The van der Waals surface area contributed by atoms with Crippen LogP contribution in [0.15, 0.2) is 12.1 Å². The molecule has 0 saturated carbocycles. The molecule has 1 N–H and O–H groups in total. The third-order valence-electron chi connectivity index (χ3n) is 3.54. The maximum atomic E-state index is 4.37. The summed E-state index contributed by atoms with van der Waals surface area (Å²) in [5.74, 6) is 1.03. The first-order valence-corrected chi connectivity index (χ1v) is 7.03. The molecule has 2 heterocycles. The maximum Gasteiger partial charge on any atom is 0.151 e. The molecule has 1 aliphatic heterocycles. The Morgan fingerprint density at radius 1 is 1.39 bits per heavy atom. The fourth-order valence-corrected chi connectivity index (χ4v) is 2.47. The molecule has 1 atom stereocenters. The van der Waals surface area contributed by atoms with Crippen molar-refractivity contribution < 1.29 is 0 Å². The van der Waals surface area contributed by atoms with Gasteiger partial charge in [0.25, 0.3) is 0 Å². The third-order valence-corrected chi connectivity index (χ3v) is 3.54. The van der Waals surface area contributed by atoms with E-state index < -0.39 is 0 Å². The van der Waals surface area contributed by atoms with Crippen molar-refractivity contribution in [3.8, 4) is 0 Å². The van der Waals surface area contributed by atoms with Crippen molar-refractivity contribution in [1.29, 1.82) is 0 Å². The molecule has 100 valence electrons. The Hall–Kier alpha value is -1.16. The van der Waals surface area contributed by atoms with E-state index in [9.17, 15) is 0 Å². The summed E-state index contributed by atoms with van der Waals surface area (Å²) in [7, 11) is 0. The summed E-state index contributed by atoms with van der Waals surface area (Å²) >= 11 is 0. The molecule has 0 aliphatic carbocycles. The SMILES string of the molecule is CCC1CCCN1c1ccc(CNC(C)C)nn1. The molecule has 1 aromatic rings. The maximum absolute atomic E-state index is 4.37. The average Bonchev–Trinajstić information content (AvgIpc) is 2.85. The van der Waals surface area contributed by atoms with Gasteiger partial charge in [-0.3, -0.25) is 0 Å². The summed E-state index contributed by atoms with van der Waals surface area (Å²) in [5, 5.41) is 12.0. The van der Waals surface area contributed by atoms with Crippen LogP contribution in [0.3, 0.4) is 0 Å². The first kappa shape index (κ1) is 13.3. The zero-order valence-electron chi connectivity index (χ0n) is 11.7. The highest BCUT2D eigenvalue weighted by Crippen LogP contribution is 2.24. The van der Waals surface area contributed by atoms with Crippen molar-refractivity contribution in [3.63, 3.8) is 0 Å². The van der Waals surface area contributed by atoms with Crippen LogP contribution >= 0.6 is 0 Å². The van der Waals surface area contributed by atoms with E-state index in [0.717, 1.165) is 24.6 Å². The zero-order chi connectivity index (χ0) is 13.0. The zero-order valence-corrected chi connectivity index (χ0v) is 11.7. The minimum Gasteiger partial charge on any atom is -0.352 e. The molecule has 1 aromatic heterocycles. The standard InChI is InChI=1S/C14H24N4/c1-4-13-6-5-9-18(13)14-8-7-12(16-17-14)10-15-11(2)3/h7-8,11,13,15H,4-6,9-10H2,1-3H3. The Morgan fingerprint density at radius 2 is 2.22 bits per heavy atom. The van der Waals surface area contributed by atoms with Crippen LogP contribution in [0.5, 0.6) is 0 Å². The Bertz CT molecular complexity index is 361. The Balaban J connectivity index is 1.98. The van der Waals surface area contributed by atoms with Gasteiger partial charge in [-0.1, -0.05) is 20.8 Å². The van der Waals surface area contributed by atoms with E-state index >= 15 is 0 Å². The highest BCUT2D eigenvalue weighted by molar-refractivity contribution is 5.40. The number of rotatable bonds is 5. The topological polar surface area (TPSA) is 41.0 Å². The fraction of sp³-hybridized carbons (Fsp3) is 0.714. The van der Waals surface area contributed by atoms with Crippen LogP contribution in [0, 0.1) is 0 Å². The van der Waals surface area contributed by atoms with Gasteiger partial charge in [-0.25, -0.2) is 0 Å². The molecule has 4 nitrogen and oxygen atoms in total. The second kappa shape index (κ2) is 6.14. The monoisotopic (exact) mass is 248 g/mol. The van der Waals surface area contributed by atoms with Crippen molar-refractivity contribution in [2.75, 3.05) is 11.4 Å². The first-order valence-electron chi connectivity index (χ1n) is 7.03. The van der Waals surface area contributed by atoms with Crippen molar-refractivity contribution >= 4 is 5.82 Å². The van der Waals surface area contributed by atoms with E-state index in [2.05, 4.69) is 53.3 Å². The van der Waals surface area contributed by atoms with Gasteiger partial charge in [-0.05, 0) is 31.4 Å². The van der Waals surface area contributed by atoms with Gasteiger partial charge in [0.2, 0.25) is 0 Å². The molecule has 4 heteroatoms. The van der Waals surface area contributed by atoms with Gasteiger partial charge >= 0.3 is 0 Å². The molecular weight excluding hydrogens is 224 g/mol. The predicted molar refractivity (Wildman–Crippen MR) is 74.7 cm³/mol. The van der Waals surface area contributed by atoms with E-state index in [0.29, 0.717) is 12.1 Å². The summed E-state index contributed by atoms with van der Waals surface area (Å²) in [6.07, 6.45) is 3.75. The number of nitrogens with one attached hydrogen (secondary N) is 1. The molecule has 18 heavy (non-hydrogen) atoms. The minimum atomic E-state index is 0.481. The summed E-state index contributed by atoms with van der Waals surface area (Å²) in [4.78, 5) is 2.40. The lowest BCUT2D eigenvalue weighted by molar-refractivity contribution is 0.576. The normalized spacial score (nSPS) is 19.8. The molecule has 1 aliphatic rings. The van der Waals surface area contributed by atoms with Gasteiger partial charge in [0.15, 0.2) is 5.82 Å². The van der Waals surface area contributed by atoms with Crippen LogP contribution < -0.4 is 10.2 Å². The molecule has 0 spiro atoms. The molecule has 0 aromatic carbocycles. The first-order chi connectivity index (χ1) is 8.70. The van der Waals surface area contributed by atoms with Crippen LogP contribution in [0.25, 0.3) is 0 Å². The molecule has 0 bridgehead atoms. The summed E-state index contributed by atoms with van der Waals surface area (Å²) < 4.78 is 0. The Kier molecular flexibility index (Phi) is 4.53. The summed E-state index contributed by atoms with van der Waals surface area (Å²) in [6, 6.07) is 5.33. The van der Waals surface area contributed by atoms with Crippen LogP contribution in [-0.4, -0.2) is 28.8 Å². The number of aromatic nitrogens is 2. The second-order valence-electron chi connectivity index (χ2n) is 5.32. The lowest BCUT2D eigenvalue weighted by Gasteiger charge is -2.24. The molecule has 1 unspecified atom stereocenters. The van der Waals surface area contributed by atoms with E-state index in [1.807, 2.05) is 0 Å². The summed E-state index contributed by atoms with van der Waals surface area (Å²) in [5.41, 5.74) is 1.01. The molecule has 1 fully saturated rings. The van der Waals surface area contributed by atoms with Crippen LogP contribution in [0.1, 0.15) is 45.7 Å². The summed E-state index contributed by atoms with van der Waals surface area (Å²) in [6.45, 7) is 8.44. The van der Waals surface area contributed by atoms with Gasteiger partial charge in [0.05, 0.1) is 5.69 Å². The van der Waals surface area contributed by atoms with Gasteiger partial charge in [-0.15, -0.1) is 5.10 Å². The van der Waals surface area contributed by atoms with Gasteiger partial charge in [0, 0.05) is 25.2 Å². The van der Waals surface area contributed by atoms with E-state index in [4.69, 9.17) is 0 Å². The minimum absolute atomic E-state index is 0.481. The van der Waals surface area contributed by atoms with Gasteiger partial charge in [-0.2, -0.15) is 5.10 Å². The Labute approximate surface area is 110 Å². The quantitative estimate of drug-likeness (QED) is 0.868. The fourth-order valence-electron chi connectivity index (χ4n) is 2.47. The van der Waals surface area contributed by atoms with Crippen LogP contribution in [0.4, 0.5) is 5.82 Å². The number of hydrogen-bond donors (Lipinski definition) is 1. The molecule has 1 saturated heterocycles.